The molecule has 0 saturated heterocycles. The fraction of sp³-hybridized carbons (Fsp3) is 0.235. The molecule has 0 radical (unpaired) electrons. The number of amides is 1. The SMILES string of the molecule is O=C(CCNc1ccccc1)NCCc1ccccc1F. The molecule has 0 fully saturated rings. The Morgan fingerprint density at radius 3 is 2.43 bits per heavy atom. The largest absolute Gasteiger partial charge is 0.385 e. The number of rotatable bonds is 7. The van der Waals surface area contributed by atoms with E-state index in [0.717, 1.165) is 5.69 Å². The van der Waals surface area contributed by atoms with Crippen LogP contribution in [0.3, 0.4) is 0 Å². The Kier molecular flexibility index (Phi) is 5.76. The maximum Gasteiger partial charge on any atom is 0.221 e. The second-order valence-electron chi connectivity index (χ2n) is 4.73. The Hall–Kier alpha value is -2.36. The first-order valence-corrected chi connectivity index (χ1v) is 7.05. The Bertz CT molecular complexity index is 572. The first-order valence-electron chi connectivity index (χ1n) is 7.05. The number of carbonyl (C=O) groups excluding carboxylic acids is 1. The van der Waals surface area contributed by atoms with E-state index in [-0.39, 0.29) is 11.7 Å². The number of para-hydroxylation sites is 1. The summed E-state index contributed by atoms with van der Waals surface area (Å²) in [6, 6.07) is 16.4. The summed E-state index contributed by atoms with van der Waals surface area (Å²) < 4.78 is 13.4. The van der Waals surface area contributed by atoms with Gasteiger partial charge in [0.25, 0.3) is 0 Å². The van der Waals surface area contributed by atoms with Crippen LogP contribution in [0.4, 0.5) is 10.1 Å². The molecule has 0 aliphatic rings. The predicted molar refractivity (Wildman–Crippen MR) is 82.7 cm³/mol. The third-order valence-corrected chi connectivity index (χ3v) is 3.13. The van der Waals surface area contributed by atoms with E-state index in [1.165, 1.54) is 6.07 Å². The molecule has 0 bridgehead atoms. The van der Waals surface area contributed by atoms with Gasteiger partial charge in [0.1, 0.15) is 5.82 Å². The fourth-order valence-corrected chi connectivity index (χ4v) is 2.00. The molecule has 110 valence electrons. The quantitative estimate of drug-likeness (QED) is 0.821. The molecule has 2 aromatic carbocycles. The number of hydrogen-bond acceptors (Lipinski definition) is 2. The third-order valence-electron chi connectivity index (χ3n) is 3.13. The van der Waals surface area contributed by atoms with E-state index in [4.69, 9.17) is 0 Å². The van der Waals surface area contributed by atoms with Crippen LogP contribution in [0.5, 0.6) is 0 Å². The van der Waals surface area contributed by atoms with Crippen LogP contribution in [0.2, 0.25) is 0 Å². The average molecular weight is 286 g/mol. The zero-order valence-corrected chi connectivity index (χ0v) is 11.8. The average Bonchev–Trinajstić information content (AvgIpc) is 2.50. The molecule has 0 aliphatic heterocycles. The Labute approximate surface area is 124 Å². The van der Waals surface area contributed by atoms with Crippen molar-refractivity contribution in [2.45, 2.75) is 12.8 Å². The van der Waals surface area contributed by atoms with Crippen LogP contribution in [-0.4, -0.2) is 19.0 Å². The molecular formula is C17H19FN2O. The minimum atomic E-state index is -0.225. The van der Waals surface area contributed by atoms with Gasteiger partial charge in [-0.25, -0.2) is 4.39 Å². The van der Waals surface area contributed by atoms with Gasteiger partial charge < -0.3 is 10.6 Å². The molecular weight excluding hydrogens is 267 g/mol. The van der Waals surface area contributed by atoms with Crippen LogP contribution >= 0.6 is 0 Å². The van der Waals surface area contributed by atoms with E-state index in [1.54, 1.807) is 18.2 Å². The van der Waals surface area contributed by atoms with Crippen LogP contribution in [0, 0.1) is 5.82 Å². The maximum atomic E-state index is 13.4. The lowest BCUT2D eigenvalue weighted by molar-refractivity contribution is -0.120. The summed E-state index contributed by atoms with van der Waals surface area (Å²) in [5.74, 6) is -0.257. The minimum absolute atomic E-state index is 0.0326. The van der Waals surface area contributed by atoms with Gasteiger partial charge in [-0.15, -0.1) is 0 Å². The third kappa shape index (κ3) is 5.26. The number of nitrogens with one attached hydrogen (secondary N) is 2. The van der Waals surface area contributed by atoms with Crippen molar-refractivity contribution in [3.63, 3.8) is 0 Å². The van der Waals surface area contributed by atoms with Crippen molar-refractivity contribution in [2.24, 2.45) is 0 Å². The summed E-state index contributed by atoms with van der Waals surface area (Å²) in [5.41, 5.74) is 1.62. The highest BCUT2D eigenvalue weighted by atomic mass is 19.1. The number of anilines is 1. The lowest BCUT2D eigenvalue weighted by Crippen LogP contribution is -2.27. The highest BCUT2D eigenvalue weighted by Gasteiger charge is 2.03. The van der Waals surface area contributed by atoms with Crippen LogP contribution in [0.25, 0.3) is 0 Å². The fourth-order valence-electron chi connectivity index (χ4n) is 2.00. The maximum absolute atomic E-state index is 13.4. The second kappa shape index (κ2) is 8.04. The predicted octanol–water partition coefficient (Wildman–Crippen LogP) is 2.99. The summed E-state index contributed by atoms with van der Waals surface area (Å²) in [5, 5.41) is 5.97. The molecule has 0 aliphatic carbocycles. The van der Waals surface area contributed by atoms with Gasteiger partial charge in [-0.3, -0.25) is 4.79 Å². The summed E-state index contributed by atoms with van der Waals surface area (Å²) in [6.07, 6.45) is 0.899. The van der Waals surface area contributed by atoms with Gasteiger partial charge in [0.2, 0.25) is 5.91 Å². The summed E-state index contributed by atoms with van der Waals surface area (Å²) in [6.45, 7) is 1.03. The standard InChI is InChI=1S/C17H19FN2O/c18-16-9-5-4-6-14(16)10-12-20-17(21)11-13-19-15-7-2-1-3-8-15/h1-9,19H,10-13H2,(H,20,21). The number of halogens is 1. The Morgan fingerprint density at radius 1 is 0.952 bits per heavy atom. The molecule has 3 nitrogen and oxygen atoms in total. The monoisotopic (exact) mass is 286 g/mol. The number of hydrogen-bond donors (Lipinski definition) is 2. The van der Waals surface area contributed by atoms with Crippen molar-refractivity contribution >= 4 is 11.6 Å². The lowest BCUT2D eigenvalue weighted by atomic mass is 10.1. The van der Waals surface area contributed by atoms with Crippen molar-refractivity contribution in [2.75, 3.05) is 18.4 Å². The molecule has 2 N–H and O–H groups in total. The lowest BCUT2D eigenvalue weighted by Gasteiger charge is -2.08. The highest BCUT2D eigenvalue weighted by molar-refractivity contribution is 5.76. The minimum Gasteiger partial charge on any atom is -0.385 e. The van der Waals surface area contributed by atoms with Crippen molar-refractivity contribution < 1.29 is 9.18 Å². The van der Waals surface area contributed by atoms with Gasteiger partial charge in [-0.1, -0.05) is 36.4 Å². The zero-order valence-electron chi connectivity index (χ0n) is 11.8. The molecule has 0 spiro atoms. The van der Waals surface area contributed by atoms with Crippen LogP contribution in [0.15, 0.2) is 54.6 Å². The van der Waals surface area contributed by atoms with Crippen molar-refractivity contribution in [1.82, 2.24) is 5.32 Å². The molecule has 0 unspecified atom stereocenters. The first kappa shape index (κ1) is 15.0. The van der Waals surface area contributed by atoms with Crippen LogP contribution in [-0.2, 0) is 11.2 Å². The molecule has 2 rings (SSSR count). The Balaban J connectivity index is 1.63. The molecule has 0 heterocycles. The summed E-state index contributed by atoms with van der Waals surface area (Å²) in [4.78, 5) is 11.7. The van der Waals surface area contributed by atoms with E-state index in [9.17, 15) is 9.18 Å². The Morgan fingerprint density at radius 2 is 1.67 bits per heavy atom. The molecule has 21 heavy (non-hydrogen) atoms. The van der Waals surface area contributed by atoms with Gasteiger partial charge in [0.15, 0.2) is 0 Å². The highest BCUT2D eigenvalue weighted by Crippen LogP contribution is 2.06. The van der Waals surface area contributed by atoms with E-state index < -0.39 is 0 Å². The van der Waals surface area contributed by atoms with Gasteiger partial charge in [0.05, 0.1) is 0 Å². The summed E-state index contributed by atoms with van der Waals surface area (Å²) in [7, 11) is 0. The molecule has 4 heteroatoms. The van der Waals surface area contributed by atoms with E-state index >= 15 is 0 Å². The topological polar surface area (TPSA) is 41.1 Å². The zero-order chi connectivity index (χ0) is 14.9. The molecule has 0 atom stereocenters. The van der Waals surface area contributed by atoms with E-state index in [2.05, 4.69) is 10.6 Å². The van der Waals surface area contributed by atoms with Crippen LogP contribution in [0.1, 0.15) is 12.0 Å². The molecule has 0 aromatic heterocycles. The molecule has 2 aromatic rings. The normalized spacial score (nSPS) is 10.1. The molecule has 0 saturated carbocycles. The second-order valence-corrected chi connectivity index (χ2v) is 4.73. The summed E-state index contributed by atoms with van der Waals surface area (Å²) >= 11 is 0. The van der Waals surface area contributed by atoms with Gasteiger partial charge >= 0.3 is 0 Å². The van der Waals surface area contributed by atoms with Gasteiger partial charge in [-0.05, 0) is 30.2 Å². The van der Waals surface area contributed by atoms with Crippen molar-refractivity contribution in [3.8, 4) is 0 Å². The smallest absolute Gasteiger partial charge is 0.221 e. The first-order chi connectivity index (χ1) is 10.3. The van der Waals surface area contributed by atoms with E-state index in [1.807, 2.05) is 30.3 Å². The van der Waals surface area contributed by atoms with Crippen molar-refractivity contribution in [1.29, 1.82) is 0 Å². The van der Waals surface area contributed by atoms with E-state index in [0.29, 0.717) is 31.5 Å². The van der Waals surface area contributed by atoms with Crippen LogP contribution < -0.4 is 10.6 Å². The van der Waals surface area contributed by atoms with Gasteiger partial charge in [-0.2, -0.15) is 0 Å². The number of benzene rings is 2. The number of carbonyl (C=O) groups is 1. The van der Waals surface area contributed by atoms with Crippen molar-refractivity contribution in [3.05, 3.63) is 66.0 Å². The molecule has 1 amide bonds. The van der Waals surface area contributed by atoms with Gasteiger partial charge in [0, 0.05) is 25.2 Å².